The molecule has 0 spiro atoms. The highest BCUT2D eigenvalue weighted by Crippen LogP contribution is 2.32. The molecule has 7 heteroatoms. The van der Waals surface area contributed by atoms with Crippen LogP contribution < -0.4 is 10.5 Å². The number of benzene rings is 1. The van der Waals surface area contributed by atoms with Crippen molar-refractivity contribution in [2.75, 3.05) is 11.4 Å². The molecule has 0 aliphatic heterocycles. The molecule has 0 aliphatic rings. The Kier molecular flexibility index (Phi) is 3.69. The molecule has 3 aromatic heterocycles. The van der Waals surface area contributed by atoms with Gasteiger partial charge in [-0.25, -0.2) is 4.98 Å². The fourth-order valence-electron chi connectivity index (χ4n) is 2.47. The molecule has 0 amide bonds. The standard InChI is InChI=1S/C17H10N4OS2/c18-6-8-21(12-3-4-14-11(10-12)5-9-23-14)17-20-15(22)13-2-1-7-19-16(13)24-17/h1-5,7,9-10H,8H2. The fraction of sp³-hybridized carbons (Fsp3) is 0.0588. The predicted octanol–water partition coefficient (Wildman–Crippen LogP) is 3.93. The smallest absolute Gasteiger partial charge is 0.282 e. The van der Waals surface area contributed by atoms with E-state index in [1.807, 2.05) is 29.6 Å². The van der Waals surface area contributed by atoms with E-state index in [9.17, 15) is 10.1 Å². The first-order chi connectivity index (χ1) is 11.8. The number of pyridine rings is 1. The van der Waals surface area contributed by atoms with Gasteiger partial charge in [-0.15, -0.1) is 11.3 Å². The Balaban J connectivity index is 1.89. The maximum Gasteiger partial charge on any atom is 0.282 e. The number of thiophene rings is 1. The SMILES string of the molecule is N#CCN(c1ccc2sccc2c1)c1nc(=O)c2cccnc2s1. The number of nitrogens with zero attached hydrogens (tertiary/aromatic N) is 4. The van der Waals surface area contributed by atoms with Crippen molar-refractivity contribution >= 4 is 53.8 Å². The summed E-state index contributed by atoms with van der Waals surface area (Å²) in [6.07, 6.45) is 1.65. The molecule has 116 valence electrons. The first kappa shape index (κ1) is 14.8. The minimum atomic E-state index is -0.327. The van der Waals surface area contributed by atoms with Crippen LogP contribution in [0, 0.1) is 11.3 Å². The maximum absolute atomic E-state index is 12.3. The molecule has 5 nitrogen and oxygen atoms in total. The maximum atomic E-state index is 12.3. The van der Waals surface area contributed by atoms with Gasteiger partial charge in [0, 0.05) is 16.6 Å². The van der Waals surface area contributed by atoms with Gasteiger partial charge in [-0.05, 0) is 47.2 Å². The Morgan fingerprint density at radius 3 is 3.04 bits per heavy atom. The topological polar surface area (TPSA) is 69.9 Å². The van der Waals surface area contributed by atoms with Crippen molar-refractivity contribution in [3.63, 3.8) is 0 Å². The van der Waals surface area contributed by atoms with Crippen LogP contribution in [0.3, 0.4) is 0 Å². The van der Waals surface area contributed by atoms with Crippen molar-refractivity contribution < 1.29 is 0 Å². The molecule has 4 aromatic rings. The molecule has 3 heterocycles. The van der Waals surface area contributed by atoms with Crippen molar-refractivity contribution in [2.24, 2.45) is 0 Å². The molecule has 1 aromatic carbocycles. The summed E-state index contributed by atoms with van der Waals surface area (Å²) in [5.41, 5.74) is 0.507. The summed E-state index contributed by atoms with van der Waals surface area (Å²) in [4.78, 5) is 23.0. The zero-order valence-electron chi connectivity index (χ0n) is 12.3. The average molecular weight is 350 g/mol. The normalized spacial score (nSPS) is 10.8. The second-order valence-corrected chi connectivity index (χ2v) is 6.95. The highest BCUT2D eigenvalue weighted by molar-refractivity contribution is 7.21. The third-order valence-electron chi connectivity index (χ3n) is 3.59. The lowest BCUT2D eigenvalue weighted by Gasteiger charge is -2.19. The summed E-state index contributed by atoms with van der Waals surface area (Å²) in [5, 5.41) is 13.3. The van der Waals surface area contributed by atoms with Gasteiger partial charge in [0.05, 0.1) is 11.5 Å². The third-order valence-corrected chi connectivity index (χ3v) is 5.50. The van der Waals surface area contributed by atoms with Crippen LogP contribution in [0.15, 0.2) is 52.8 Å². The van der Waals surface area contributed by atoms with Gasteiger partial charge in [-0.3, -0.25) is 4.79 Å². The zero-order valence-corrected chi connectivity index (χ0v) is 14.0. The number of rotatable bonds is 3. The highest BCUT2D eigenvalue weighted by atomic mass is 32.1. The van der Waals surface area contributed by atoms with E-state index < -0.39 is 0 Å². The minimum absolute atomic E-state index is 0.108. The van der Waals surface area contributed by atoms with Crippen molar-refractivity contribution in [2.45, 2.75) is 0 Å². The second kappa shape index (κ2) is 6.00. The van der Waals surface area contributed by atoms with E-state index in [1.165, 1.54) is 16.0 Å². The van der Waals surface area contributed by atoms with Gasteiger partial charge in [0.1, 0.15) is 11.4 Å². The van der Waals surface area contributed by atoms with E-state index in [0.717, 1.165) is 11.1 Å². The van der Waals surface area contributed by atoms with Gasteiger partial charge in [-0.2, -0.15) is 10.2 Å². The summed E-state index contributed by atoms with van der Waals surface area (Å²) in [6, 6.07) is 13.6. The zero-order chi connectivity index (χ0) is 16.5. The van der Waals surface area contributed by atoms with Crippen LogP contribution >= 0.6 is 22.7 Å². The molecule has 0 bridgehead atoms. The molecule has 0 radical (unpaired) electrons. The number of anilines is 2. The number of aromatic nitrogens is 2. The largest absolute Gasteiger partial charge is 0.304 e. The summed E-state index contributed by atoms with van der Waals surface area (Å²) in [7, 11) is 0. The van der Waals surface area contributed by atoms with E-state index in [4.69, 9.17) is 0 Å². The van der Waals surface area contributed by atoms with Gasteiger partial charge in [0.15, 0.2) is 5.13 Å². The van der Waals surface area contributed by atoms with E-state index in [-0.39, 0.29) is 12.1 Å². The van der Waals surface area contributed by atoms with Gasteiger partial charge >= 0.3 is 0 Å². The van der Waals surface area contributed by atoms with E-state index >= 15 is 0 Å². The molecule has 4 rings (SSSR count). The van der Waals surface area contributed by atoms with E-state index in [2.05, 4.69) is 16.0 Å². The molecular weight excluding hydrogens is 340 g/mol. The van der Waals surface area contributed by atoms with E-state index in [1.54, 1.807) is 34.6 Å². The first-order valence-corrected chi connectivity index (χ1v) is 8.83. The highest BCUT2D eigenvalue weighted by Gasteiger charge is 2.15. The molecule has 0 aliphatic carbocycles. The lowest BCUT2D eigenvalue weighted by Crippen LogP contribution is -2.20. The number of hydrogen-bond donors (Lipinski definition) is 0. The quantitative estimate of drug-likeness (QED) is 0.524. The summed E-state index contributed by atoms with van der Waals surface area (Å²) < 4.78 is 1.18. The van der Waals surface area contributed by atoms with Crippen LogP contribution in [0.4, 0.5) is 10.8 Å². The number of hydrogen-bond acceptors (Lipinski definition) is 7. The van der Waals surface area contributed by atoms with Crippen LogP contribution in [-0.2, 0) is 0 Å². The Morgan fingerprint density at radius 1 is 1.25 bits per heavy atom. The Labute approximate surface area is 145 Å². The van der Waals surface area contributed by atoms with Crippen molar-refractivity contribution in [1.82, 2.24) is 9.97 Å². The summed E-state index contributed by atoms with van der Waals surface area (Å²) >= 11 is 2.97. The minimum Gasteiger partial charge on any atom is -0.304 e. The Hall–Kier alpha value is -2.82. The summed E-state index contributed by atoms with van der Waals surface area (Å²) in [6.45, 7) is 0.108. The molecular formula is C17H10N4OS2. The molecule has 0 fully saturated rings. The number of nitriles is 1. The second-order valence-electron chi connectivity index (χ2n) is 5.04. The lowest BCUT2D eigenvalue weighted by molar-refractivity contribution is 1.07. The van der Waals surface area contributed by atoms with Crippen molar-refractivity contribution in [1.29, 1.82) is 5.26 Å². The third kappa shape index (κ3) is 2.52. The van der Waals surface area contributed by atoms with E-state index in [0.29, 0.717) is 15.3 Å². The molecule has 0 atom stereocenters. The molecule has 0 N–H and O–H groups in total. The van der Waals surface area contributed by atoms with Crippen molar-refractivity contribution in [3.05, 3.63) is 58.3 Å². The number of fused-ring (bicyclic) bond motifs is 2. The fourth-order valence-corrected chi connectivity index (χ4v) is 4.20. The van der Waals surface area contributed by atoms with Gasteiger partial charge in [-0.1, -0.05) is 11.3 Å². The lowest BCUT2D eigenvalue weighted by atomic mass is 10.2. The monoisotopic (exact) mass is 350 g/mol. The van der Waals surface area contributed by atoms with Gasteiger partial charge < -0.3 is 4.90 Å². The average Bonchev–Trinajstić information content (AvgIpc) is 3.07. The Morgan fingerprint density at radius 2 is 2.17 bits per heavy atom. The molecule has 0 unspecified atom stereocenters. The van der Waals surface area contributed by atoms with Crippen LogP contribution in [0.2, 0.25) is 0 Å². The first-order valence-electron chi connectivity index (χ1n) is 7.14. The van der Waals surface area contributed by atoms with Gasteiger partial charge in [0.25, 0.3) is 5.56 Å². The van der Waals surface area contributed by atoms with Crippen LogP contribution in [0.1, 0.15) is 0 Å². The van der Waals surface area contributed by atoms with Crippen LogP contribution in [-0.4, -0.2) is 16.5 Å². The Bertz CT molecular complexity index is 1140. The molecule has 24 heavy (non-hydrogen) atoms. The van der Waals surface area contributed by atoms with Crippen LogP contribution in [0.5, 0.6) is 0 Å². The molecule has 0 saturated carbocycles. The van der Waals surface area contributed by atoms with Crippen molar-refractivity contribution in [3.8, 4) is 6.07 Å². The molecule has 0 saturated heterocycles. The summed E-state index contributed by atoms with van der Waals surface area (Å²) in [5.74, 6) is 0. The predicted molar refractivity (Wildman–Crippen MR) is 98.1 cm³/mol. The van der Waals surface area contributed by atoms with Gasteiger partial charge in [0.2, 0.25) is 0 Å². The van der Waals surface area contributed by atoms with Crippen LogP contribution in [0.25, 0.3) is 20.3 Å².